The van der Waals surface area contributed by atoms with E-state index in [-0.39, 0.29) is 35.3 Å². The van der Waals surface area contributed by atoms with Crippen LogP contribution in [0.2, 0.25) is 0 Å². The van der Waals surface area contributed by atoms with Gasteiger partial charge < -0.3 is 29.9 Å². The lowest BCUT2D eigenvalue weighted by Crippen LogP contribution is -2.41. The largest absolute Gasteiger partial charge is 0.495 e. The van der Waals surface area contributed by atoms with Gasteiger partial charge in [-0.3, -0.25) is 14.4 Å². The molecular weight excluding hydrogens is 536 g/mol. The fourth-order valence-electron chi connectivity index (χ4n) is 6.73. The highest BCUT2D eigenvalue weighted by atomic mass is 16.5. The molecule has 4 aliphatic rings. The van der Waals surface area contributed by atoms with E-state index in [1.165, 1.54) is 19.8 Å². The second kappa shape index (κ2) is 11.4. The molecule has 3 fully saturated rings. The summed E-state index contributed by atoms with van der Waals surface area (Å²) in [6, 6.07) is 5.65. The lowest BCUT2D eigenvalue weighted by Gasteiger charge is -2.31. The van der Waals surface area contributed by atoms with Crippen molar-refractivity contribution in [2.24, 2.45) is 5.41 Å². The minimum atomic E-state index is -0.313. The molecule has 6 rings (SSSR count). The first-order valence-corrected chi connectivity index (χ1v) is 15.1. The lowest BCUT2D eigenvalue weighted by atomic mass is 9.92. The number of aromatic nitrogens is 2. The van der Waals surface area contributed by atoms with Gasteiger partial charge in [0.1, 0.15) is 17.5 Å². The maximum atomic E-state index is 13.3. The molecule has 0 atom stereocenters. The third-order valence-electron chi connectivity index (χ3n) is 9.29. The van der Waals surface area contributed by atoms with Crippen LogP contribution in [0.5, 0.6) is 5.75 Å². The van der Waals surface area contributed by atoms with E-state index < -0.39 is 0 Å². The van der Waals surface area contributed by atoms with E-state index in [1.807, 2.05) is 7.05 Å². The maximum Gasteiger partial charge on any atom is 0.302 e. The van der Waals surface area contributed by atoms with Crippen LogP contribution in [0.15, 0.2) is 24.4 Å². The maximum absolute atomic E-state index is 13.3. The Morgan fingerprint density at radius 3 is 2.48 bits per heavy atom. The normalized spacial score (nSPS) is 23.3. The van der Waals surface area contributed by atoms with E-state index in [4.69, 9.17) is 14.5 Å². The molecule has 11 nitrogen and oxygen atoms in total. The molecule has 2 aromatic rings. The Bertz CT molecular complexity index is 1360. The quantitative estimate of drug-likeness (QED) is 0.463. The average molecular weight is 577 g/mol. The number of ether oxygens (including phenoxy) is 2. The summed E-state index contributed by atoms with van der Waals surface area (Å²) in [7, 11) is 3.39. The molecule has 1 aliphatic heterocycles. The van der Waals surface area contributed by atoms with Gasteiger partial charge in [-0.15, -0.1) is 0 Å². The fraction of sp³-hybridized carbons (Fsp3) is 0.581. The van der Waals surface area contributed by atoms with Crippen LogP contribution in [0.1, 0.15) is 81.5 Å². The standard InChI is InChI=1S/C31H40N6O5/c1-19(38)42-23-11-9-21(10-12-23)33-28(39)20-8-13-24(26(16-20)41-3)34-30-32-17-25-27(35-30)37(22-6-4-5-7-22)18-31(14-15-31)29(40)36(25)2/h8,13,16-17,21-23H,4-7,9-12,14-15,18H2,1-3H3,(H,33,39)(H,32,34,35)/t21-,23-. The molecule has 2 amide bonds. The molecule has 1 aromatic carbocycles. The van der Waals surface area contributed by atoms with Crippen LogP contribution in [-0.4, -0.2) is 66.6 Å². The molecule has 11 heteroatoms. The number of esters is 1. The summed E-state index contributed by atoms with van der Waals surface area (Å²) < 4.78 is 10.9. The summed E-state index contributed by atoms with van der Waals surface area (Å²) in [6.07, 6.45) is 11.1. The third-order valence-corrected chi connectivity index (χ3v) is 9.29. The van der Waals surface area contributed by atoms with Crippen molar-refractivity contribution in [2.45, 2.75) is 89.3 Å². The number of hydrogen-bond acceptors (Lipinski definition) is 9. The predicted molar refractivity (Wildman–Crippen MR) is 158 cm³/mol. The highest BCUT2D eigenvalue weighted by molar-refractivity contribution is 6.03. The van der Waals surface area contributed by atoms with E-state index >= 15 is 0 Å². The lowest BCUT2D eigenvalue weighted by molar-refractivity contribution is -0.147. The molecule has 224 valence electrons. The molecule has 0 radical (unpaired) electrons. The van der Waals surface area contributed by atoms with Gasteiger partial charge in [-0.25, -0.2) is 4.98 Å². The number of fused-ring (bicyclic) bond motifs is 1. The van der Waals surface area contributed by atoms with E-state index in [2.05, 4.69) is 20.5 Å². The molecule has 1 aromatic heterocycles. The number of anilines is 4. The van der Waals surface area contributed by atoms with E-state index in [9.17, 15) is 14.4 Å². The van der Waals surface area contributed by atoms with Crippen LogP contribution in [0.25, 0.3) is 0 Å². The van der Waals surface area contributed by atoms with Crippen molar-refractivity contribution in [2.75, 3.05) is 35.8 Å². The van der Waals surface area contributed by atoms with Gasteiger partial charge in [-0.2, -0.15) is 4.98 Å². The van der Waals surface area contributed by atoms with Crippen molar-refractivity contribution in [1.29, 1.82) is 0 Å². The van der Waals surface area contributed by atoms with Gasteiger partial charge in [0.15, 0.2) is 5.82 Å². The van der Waals surface area contributed by atoms with Crippen LogP contribution in [0.4, 0.5) is 23.1 Å². The van der Waals surface area contributed by atoms with Gasteiger partial charge in [0.05, 0.1) is 24.4 Å². The van der Waals surface area contributed by atoms with E-state index in [1.54, 1.807) is 36.4 Å². The zero-order valence-corrected chi connectivity index (χ0v) is 24.6. The molecule has 0 unspecified atom stereocenters. The Hall–Kier alpha value is -3.89. The first-order chi connectivity index (χ1) is 20.3. The number of rotatable bonds is 7. The molecular formula is C31H40N6O5. The molecule has 1 spiro atoms. The molecule has 2 heterocycles. The first kappa shape index (κ1) is 28.2. The van der Waals surface area contributed by atoms with Gasteiger partial charge >= 0.3 is 5.97 Å². The van der Waals surface area contributed by atoms with E-state index in [0.29, 0.717) is 35.5 Å². The van der Waals surface area contributed by atoms with Crippen molar-refractivity contribution < 1.29 is 23.9 Å². The van der Waals surface area contributed by atoms with Crippen molar-refractivity contribution in [1.82, 2.24) is 15.3 Å². The Morgan fingerprint density at radius 2 is 1.81 bits per heavy atom. The Morgan fingerprint density at radius 1 is 1.07 bits per heavy atom. The van der Waals surface area contributed by atoms with Gasteiger partial charge in [0.25, 0.3) is 5.91 Å². The highest BCUT2D eigenvalue weighted by Crippen LogP contribution is 2.52. The van der Waals surface area contributed by atoms with Crippen LogP contribution >= 0.6 is 0 Å². The summed E-state index contributed by atoms with van der Waals surface area (Å²) in [5, 5.41) is 6.39. The van der Waals surface area contributed by atoms with E-state index in [0.717, 1.165) is 62.9 Å². The molecule has 0 bridgehead atoms. The molecule has 2 N–H and O–H groups in total. The van der Waals surface area contributed by atoms with Crippen LogP contribution in [-0.2, 0) is 14.3 Å². The topological polar surface area (TPSA) is 126 Å². The summed E-state index contributed by atoms with van der Waals surface area (Å²) in [4.78, 5) is 51.2. The number of benzene rings is 1. The minimum Gasteiger partial charge on any atom is -0.495 e. The minimum absolute atomic E-state index is 0.0312. The zero-order chi connectivity index (χ0) is 29.4. The zero-order valence-electron chi connectivity index (χ0n) is 24.6. The van der Waals surface area contributed by atoms with Gasteiger partial charge in [-0.1, -0.05) is 12.8 Å². The van der Waals surface area contributed by atoms with Crippen molar-refractivity contribution in [3.8, 4) is 5.75 Å². The first-order valence-electron chi connectivity index (χ1n) is 15.1. The second-order valence-corrected chi connectivity index (χ2v) is 12.2. The van der Waals surface area contributed by atoms with Crippen molar-refractivity contribution >= 4 is 40.9 Å². The van der Waals surface area contributed by atoms with Gasteiger partial charge in [-0.05, 0) is 69.6 Å². The van der Waals surface area contributed by atoms with Crippen molar-refractivity contribution in [3.63, 3.8) is 0 Å². The third kappa shape index (κ3) is 5.61. The highest BCUT2D eigenvalue weighted by Gasteiger charge is 2.55. The van der Waals surface area contributed by atoms with Crippen LogP contribution in [0.3, 0.4) is 0 Å². The van der Waals surface area contributed by atoms with Gasteiger partial charge in [0.2, 0.25) is 11.9 Å². The second-order valence-electron chi connectivity index (χ2n) is 12.2. The molecule has 42 heavy (non-hydrogen) atoms. The monoisotopic (exact) mass is 576 g/mol. The summed E-state index contributed by atoms with van der Waals surface area (Å²) >= 11 is 0. The van der Waals surface area contributed by atoms with Crippen LogP contribution in [0, 0.1) is 5.41 Å². The SMILES string of the molecule is COc1cc(C(=O)N[C@H]2CC[C@H](OC(C)=O)CC2)ccc1Nc1ncc2c(n1)N(C1CCCC1)CC1(CC1)C(=O)N2C. The Balaban J connectivity index is 1.18. The number of methoxy groups -OCH3 is 1. The smallest absolute Gasteiger partial charge is 0.302 e. The summed E-state index contributed by atoms with van der Waals surface area (Å²) in [6.45, 7) is 2.12. The summed E-state index contributed by atoms with van der Waals surface area (Å²) in [5.41, 5.74) is 1.55. The van der Waals surface area contributed by atoms with Gasteiger partial charge in [0, 0.05) is 38.2 Å². The Labute approximate surface area is 246 Å². The number of amides is 2. The summed E-state index contributed by atoms with van der Waals surface area (Å²) in [5.74, 6) is 1.41. The van der Waals surface area contributed by atoms with Crippen molar-refractivity contribution in [3.05, 3.63) is 30.0 Å². The number of carbonyl (C=O) groups excluding carboxylic acids is 3. The number of carbonyl (C=O) groups is 3. The molecule has 3 saturated carbocycles. The van der Waals surface area contributed by atoms with Crippen LogP contribution < -0.4 is 25.2 Å². The Kier molecular flexibility index (Phi) is 7.67. The average Bonchev–Trinajstić information content (AvgIpc) is 3.59. The molecule has 3 aliphatic carbocycles. The fourth-order valence-corrected chi connectivity index (χ4v) is 6.73. The number of nitrogens with one attached hydrogen (secondary N) is 2. The predicted octanol–water partition coefficient (Wildman–Crippen LogP) is 4.34. The molecule has 0 saturated heterocycles. The number of nitrogens with zero attached hydrogens (tertiary/aromatic N) is 4. The number of hydrogen-bond donors (Lipinski definition) is 2.